The number of aromatic nitrogens is 1. The maximum absolute atomic E-state index is 12.2. The van der Waals surface area contributed by atoms with Gasteiger partial charge in [-0.2, -0.15) is 8.78 Å². The molecule has 7 heteroatoms. The van der Waals surface area contributed by atoms with E-state index in [-0.39, 0.29) is 11.8 Å². The van der Waals surface area contributed by atoms with E-state index in [0.29, 0.717) is 6.42 Å². The van der Waals surface area contributed by atoms with Crippen LogP contribution in [0, 0.1) is 0 Å². The van der Waals surface area contributed by atoms with Gasteiger partial charge in [0.05, 0.1) is 11.6 Å². The quantitative estimate of drug-likeness (QED) is 0.632. The van der Waals surface area contributed by atoms with Crippen LogP contribution in [0.1, 0.15) is 16.5 Å². The van der Waals surface area contributed by atoms with Crippen molar-refractivity contribution in [2.24, 2.45) is 5.84 Å². The molecule has 0 aliphatic rings. The number of halogens is 2. The first-order valence-electron chi connectivity index (χ1n) is 5.57. The second-order valence-corrected chi connectivity index (χ2v) is 4.81. The lowest BCUT2D eigenvalue weighted by Crippen LogP contribution is -2.29. The topological polar surface area (TPSA) is 60.2 Å². The first-order valence-corrected chi connectivity index (χ1v) is 6.45. The van der Waals surface area contributed by atoms with Gasteiger partial charge in [0.1, 0.15) is 5.75 Å². The van der Waals surface area contributed by atoms with Crippen LogP contribution in [0.4, 0.5) is 8.78 Å². The van der Waals surface area contributed by atoms with E-state index in [0.717, 1.165) is 10.4 Å². The van der Waals surface area contributed by atoms with E-state index >= 15 is 0 Å². The van der Waals surface area contributed by atoms with E-state index < -0.39 is 6.61 Å². The fourth-order valence-corrected chi connectivity index (χ4v) is 2.37. The highest BCUT2D eigenvalue weighted by atomic mass is 32.1. The van der Waals surface area contributed by atoms with E-state index in [9.17, 15) is 8.78 Å². The first kappa shape index (κ1) is 13.9. The molecule has 0 saturated heterocycles. The Bertz CT molecular complexity index is 507. The lowest BCUT2D eigenvalue weighted by molar-refractivity contribution is -0.0499. The molecular formula is C12H13F2N3OS. The number of thiazole rings is 1. The van der Waals surface area contributed by atoms with Gasteiger partial charge < -0.3 is 4.74 Å². The summed E-state index contributed by atoms with van der Waals surface area (Å²) in [7, 11) is 0. The van der Waals surface area contributed by atoms with E-state index in [2.05, 4.69) is 15.1 Å². The summed E-state index contributed by atoms with van der Waals surface area (Å²) in [5.41, 5.74) is 5.19. The molecule has 0 spiro atoms. The van der Waals surface area contributed by atoms with Crippen LogP contribution in [0.5, 0.6) is 5.75 Å². The van der Waals surface area contributed by atoms with Crippen molar-refractivity contribution in [1.82, 2.24) is 10.4 Å². The largest absolute Gasteiger partial charge is 0.435 e. The summed E-state index contributed by atoms with van der Waals surface area (Å²) in [6, 6.07) is 6.32. The summed E-state index contributed by atoms with van der Waals surface area (Å²) in [5, 5.41) is 0. The molecular weight excluding hydrogens is 272 g/mol. The van der Waals surface area contributed by atoms with Crippen LogP contribution in [-0.4, -0.2) is 11.6 Å². The van der Waals surface area contributed by atoms with Crippen molar-refractivity contribution in [3.8, 4) is 5.75 Å². The normalized spacial score (nSPS) is 12.6. The zero-order valence-electron chi connectivity index (χ0n) is 9.92. The van der Waals surface area contributed by atoms with Gasteiger partial charge in [-0.1, -0.05) is 12.1 Å². The molecule has 4 nitrogen and oxygen atoms in total. The summed E-state index contributed by atoms with van der Waals surface area (Å²) in [4.78, 5) is 5.04. The molecule has 1 aromatic carbocycles. The lowest BCUT2D eigenvalue weighted by Gasteiger charge is -2.16. The summed E-state index contributed by atoms with van der Waals surface area (Å²) < 4.78 is 28.7. The number of hydrogen-bond acceptors (Lipinski definition) is 5. The Balaban J connectivity index is 2.13. The van der Waals surface area contributed by atoms with Gasteiger partial charge in [0.25, 0.3) is 0 Å². The fourth-order valence-electron chi connectivity index (χ4n) is 1.72. The highest BCUT2D eigenvalue weighted by Crippen LogP contribution is 2.24. The summed E-state index contributed by atoms with van der Waals surface area (Å²) in [6.07, 6.45) is 2.40. The Morgan fingerprint density at radius 3 is 2.89 bits per heavy atom. The first-order chi connectivity index (χ1) is 9.19. The monoisotopic (exact) mass is 285 g/mol. The number of alkyl halides is 2. The molecule has 0 aliphatic carbocycles. The number of hydrazine groups is 1. The van der Waals surface area contributed by atoms with Gasteiger partial charge in [-0.15, -0.1) is 11.3 Å². The molecule has 102 valence electrons. The zero-order valence-corrected chi connectivity index (χ0v) is 10.7. The van der Waals surface area contributed by atoms with Crippen LogP contribution in [0.2, 0.25) is 0 Å². The molecule has 1 atom stereocenters. The summed E-state index contributed by atoms with van der Waals surface area (Å²) in [5.74, 6) is 5.64. The minimum absolute atomic E-state index is 0.122. The fraction of sp³-hybridized carbons (Fsp3) is 0.250. The molecule has 1 unspecified atom stereocenters. The highest BCUT2D eigenvalue weighted by Gasteiger charge is 2.13. The third-order valence-electron chi connectivity index (χ3n) is 2.58. The van der Waals surface area contributed by atoms with Crippen LogP contribution < -0.4 is 16.0 Å². The average molecular weight is 285 g/mol. The Labute approximate surface area is 113 Å². The van der Waals surface area contributed by atoms with Crippen LogP contribution >= 0.6 is 11.3 Å². The van der Waals surface area contributed by atoms with E-state index in [1.54, 1.807) is 23.8 Å². The molecule has 0 radical (unpaired) electrons. The van der Waals surface area contributed by atoms with Crippen LogP contribution in [0.15, 0.2) is 36.0 Å². The van der Waals surface area contributed by atoms with Crippen LogP contribution in [0.25, 0.3) is 0 Å². The van der Waals surface area contributed by atoms with E-state index in [1.165, 1.54) is 17.4 Å². The standard InChI is InChI=1S/C12H13F2N3OS/c13-12(14)18-9-3-1-2-8(4-9)11(17-15)5-10-6-16-7-19-10/h1-4,6-7,11-12,17H,5,15H2. The molecule has 0 aliphatic heterocycles. The molecule has 2 rings (SSSR count). The van der Waals surface area contributed by atoms with Crippen molar-refractivity contribution >= 4 is 11.3 Å². The van der Waals surface area contributed by atoms with Crippen LogP contribution in [-0.2, 0) is 6.42 Å². The number of ether oxygens (including phenoxy) is 1. The molecule has 0 amide bonds. The second kappa shape index (κ2) is 6.55. The molecule has 3 N–H and O–H groups in total. The van der Waals surface area contributed by atoms with Crippen molar-refractivity contribution < 1.29 is 13.5 Å². The second-order valence-electron chi connectivity index (χ2n) is 3.84. The van der Waals surface area contributed by atoms with Gasteiger partial charge >= 0.3 is 6.61 Å². The number of benzene rings is 1. The van der Waals surface area contributed by atoms with Gasteiger partial charge in [-0.3, -0.25) is 16.3 Å². The highest BCUT2D eigenvalue weighted by molar-refractivity contribution is 7.09. The van der Waals surface area contributed by atoms with Gasteiger partial charge in [0, 0.05) is 17.5 Å². The van der Waals surface area contributed by atoms with Gasteiger partial charge in [0.15, 0.2) is 0 Å². The predicted molar refractivity (Wildman–Crippen MR) is 69.0 cm³/mol. The maximum atomic E-state index is 12.2. The van der Waals surface area contributed by atoms with E-state index in [1.807, 2.05) is 6.07 Å². The van der Waals surface area contributed by atoms with Crippen molar-refractivity contribution in [3.05, 3.63) is 46.4 Å². The summed E-state index contributed by atoms with van der Waals surface area (Å²) >= 11 is 1.52. The molecule has 1 heterocycles. The Morgan fingerprint density at radius 1 is 1.42 bits per heavy atom. The maximum Gasteiger partial charge on any atom is 0.387 e. The number of rotatable bonds is 6. The molecule has 0 saturated carbocycles. The van der Waals surface area contributed by atoms with Crippen molar-refractivity contribution in [2.75, 3.05) is 0 Å². The third kappa shape index (κ3) is 3.95. The minimum atomic E-state index is -2.83. The number of nitrogens with zero attached hydrogens (tertiary/aromatic N) is 1. The van der Waals surface area contributed by atoms with Crippen LogP contribution in [0.3, 0.4) is 0 Å². The van der Waals surface area contributed by atoms with Crippen molar-refractivity contribution in [2.45, 2.75) is 19.1 Å². The number of nitrogens with two attached hydrogens (primary N) is 1. The van der Waals surface area contributed by atoms with Gasteiger partial charge in [0.2, 0.25) is 0 Å². The molecule has 19 heavy (non-hydrogen) atoms. The predicted octanol–water partition coefficient (Wildman–Crippen LogP) is 2.49. The number of nitrogens with one attached hydrogen (secondary N) is 1. The summed E-state index contributed by atoms with van der Waals surface area (Å²) in [6.45, 7) is -2.83. The Kier molecular flexibility index (Phi) is 4.78. The Morgan fingerprint density at radius 2 is 2.26 bits per heavy atom. The molecule has 1 aromatic heterocycles. The van der Waals surface area contributed by atoms with Gasteiger partial charge in [-0.05, 0) is 17.7 Å². The average Bonchev–Trinajstić information content (AvgIpc) is 2.88. The Hall–Kier alpha value is -1.57. The lowest BCUT2D eigenvalue weighted by atomic mass is 10.0. The molecule has 0 fully saturated rings. The SMILES string of the molecule is NNC(Cc1cncs1)c1cccc(OC(F)F)c1. The number of hydrogen-bond donors (Lipinski definition) is 2. The zero-order chi connectivity index (χ0) is 13.7. The minimum Gasteiger partial charge on any atom is -0.435 e. The third-order valence-corrected chi connectivity index (χ3v) is 3.38. The molecule has 2 aromatic rings. The van der Waals surface area contributed by atoms with Crippen molar-refractivity contribution in [1.29, 1.82) is 0 Å². The molecule has 0 bridgehead atoms. The van der Waals surface area contributed by atoms with Gasteiger partial charge in [-0.25, -0.2) is 0 Å². The van der Waals surface area contributed by atoms with Crippen molar-refractivity contribution in [3.63, 3.8) is 0 Å². The van der Waals surface area contributed by atoms with E-state index in [4.69, 9.17) is 5.84 Å². The smallest absolute Gasteiger partial charge is 0.387 e.